The lowest BCUT2D eigenvalue weighted by molar-refractivity contribution is -0.119. The van der Waals surface area contributed by atoms with Crippen molar-refractivity contribution in [3.8, 4) is 0 Å². The summed E-state index contributed by atoms with van der Waals surface area (Å²) in [5, 5.41) is 9.24. The van der Waals surface area contributed by atoms with Gasteiger partial charge in [-0.3, -0.25) is 4.79 Å². The summed E-state index contributed by atoms with van der Waals surface area (Å²) in [6.45, 7) is 0.485. The second kappa shape index (κ2) is 5.36. The maximum absolute atomic E-state index is 13.4. The summed E-state index contributed by atoms with van der Waals surface area (Å²) in [4.78, 5) is 24.4. The molecule has 1 fully saturated rings. The van der Waals surface area contributed by atoms with E-state index in [0.29, 0.717) is 13.0 Å². The summed E-state index contributed by atoms with van der Waals surface area (Å²) < 4.78 is 13.4. The number of aromatic carboxylic acids is 1. The fourth-order valence-corrected chi connectivity index (χ4v) is 2.56. The molecule has 5 N–H and O–H groups in total. The van der Waals surface area contributed by atoms with Crippen LogP contribution in [0.25, 0.3) is 0 Å². The van der Waals surface area contributed by atoms with E-state index in [-0.39, 0.29) is 11.3 Å². The highest BCUT2D eigenvalue weighted by Gasteiger charge is 2.31. The summed E-state index contributed by atoms with van der Waals surface area (Å²) in [6, 6.07) is 1.84. The minimum absolute atomic E-state index is 0.236. The molecule has 1 aromatic carbocycles. The monoisotopic (exact) mass is 281 g/mol. The Bertz CT molecular complexity index is 562. The Morgan fingerprint density at radius 1 is 1.35 bits per heavy atom. The number of carbonyl (C=O) groups is 2. The fourth-order valence-electron chi connectivity index (χ4n) is 2.56. The lowest BCUT2D eigenvalue weighted by Gasteiger charge is -2.36. The number of carbonyl (C=O) groups excluding carboxylic acids is 1. The van der Waals surface area contributed by atoms with Gasteiger partial charge in [-0.1, -0.05) is 0 Å². The zero-order chi connectivity index (χ0) is 14.9. The van der Waals surface area contributed by atoms with Crippen LogP contribution >= 0.6 is 0 Å². The van der Waals surface area contributed by atoms with Crippen LogP contribution in [0.4, 0.5) is 15.8 Å². The van der Waals surface area contributed by atoms with Gasteiger partial charge in [0.15, 0.2) is 0 Å². The van der Waals surface area contributed by atoms with Crippen molar-refractivity contribution < 1.29 is 19.1 Å². The van der Waals surface area contributed by atoms with E-state index < -0.39 is 29.4 Å². The Balaban J connectivity index is 2.53. The minimum atomic E-state index is -1.33. The van der Waals surface area contributed by atoms with Gasteiger partial charge in [-0.2, -0.15) is 0 Å². The molecule has 1 amide bonds. The zero-order valence-corrected chi connectivity index (χ0v) is 10.8. The lowest BCUT2D eigenvalue weighted by Crippen LogP contribution is -2.48. The van der Waals surface area contributed by atoms with Crippen LogP contribution in [-0.4, -0.2) is 29.6 Å². The Hall–Kier alpha value is -2.31. The van der Waals surface area contributed by atoms with E-state index in [1.807, 2.05) is 0 Å². The van der Waals surface area contributed by atoms with Gasteiger partial charge in [0.05, 0.1) is 11.4 Å². The molecule has 0 radical (unpaired) electrons. The average Bonchev–Trinajstić information content (AvgIpc) is 2.41. The van der Waals surface area contributed by atoms with Crippen LogP contribution in [0.2, 0.25) is 0 Å². The SMILES string of the molecule is NC(=O)C1CCCCN1c1ccc(F)c(N)c1C(=O)O. The first-order valence-corrected chi connectivity index (χ1v) is 6.30. The number of primary amides is 1. The van der Waals surface area contributed by atoms with E-state index in [2.05, 4.69) is 0 Å². The van der Waals surface area contributed by atoms with Crippen LogP contribution < -0.4 is 16.4 Å². The normalized spacial score (nSPS) is 18.9. The average molecular weight is 281 g/mol. The predicted octanol–water partition coefficient (Wildman–Crippen LogP) is 0.950. The fraction of sp³-hybridized carbons (Fsp3) is 0.385. The van der Waals surface area contributed by atoms with Gasteiger partial charge in [0.25, 0.3) is 0 Å². The third-order valence-electron chi connectivity index (χ3n) is 3.52. The smallest absolute Gasteiger partial charge is 0.340 e. The number of carboxylic acids is 1. The molecule has 1 aliphatic heterocycles. The zero-order valence-electron chi connectivity index (χ0n) is 10.8. The number of nitrogen functional groups attached to an aromatic ring is 1. The van der Waals surface area contributed by atoms with Crippen molar-refractivity contribution in [2.75, 3.05) is 17.2 Å². The number of rotatable bonds is 3. The van der Waals surface area contributed by atoms with E-state index in [0.717, 1.165) is 18.9 Å². The van der Waals surface area contributed by atoms with E-state index in [1.165, 1.54) is 6.07 Å². The third kappa shape index (κ3) is 2.38. The lowest BCUT2D eigenvalue weighted by atomic mass is 9.98. The topological polar surface area (TPSA) is 110 Å². The molecule has 1 unspecified atom stereocenters. The highest BCUT2D eigenvalue weighted by molar-refractivity contribution is 6.01. The number of hydrogen-bond donors (Lipinski definition) is 3. The highest BCUT2D eigenvalue weighted by atomic mass is 19.1. The maximum Gasteiger partial charge on any atom is 0.340 e. The Kier molecular flexibility index (Phi) is 3.78. The van der Waals surface area contributed by atoms with Gasteiger partial charge in [0.1, 0.15) is 17.4 Å². The molecule has 1 heterocycles. The molecule has 0 spiro atoms. The van der Waals surface area contributed by atoms with E-state index in [4.69, 9.17) is 11.5 Å². The van der Waals surface area contributed by atoms with Crippen LogP contribution in [0.5, 0.6) is 0 Å². The van der Waals surface area contributed by atoms with Crippen LogP contribution in [0, 0.1) is 5.82 Å². The number of carboxylic acid groups (broad SMARTS) is 1. The first kappa shape index (κ1) is 14.1. The van der Waals surface area contributed by atoms with Crippen molar-refractivity contribution in [1.29, 1.82) is 0 Å². The summed E-state index contributed by atoms with van der Waals surface area (Å²) in [5.41, 5.74) is 10.4. The summed E-state index contributed by atoms with van der Waals surface area (Å²) in [5.74, 6) is -2.64. The second-order valence-electron chi connectivity index (χ2n) is 4.77. The first-order chi connectivity index (χ1) is 9.43. The highest BCUT2D eigenvalue weighted by Crippen LogP contribution is 2.32. The molecular weight excluding hydrogens is 265 g/mol. The second-order valence-corrected chi connectivity index (χ2v) is 4.77. The number of piperidine rings is 1. The van der Waals surface area contributed by atoms with Crippen molar-refractivity contribution in [2.24, 2.45) is 5.73 Å². The quantitative estimate of drug-likeness (QED) is 0.714. The van der Waals surface area contributed by atoms with Crippen molar-refractivity contribution in [3.63, 3.8) is 0 Å². The van der Waals surface area contributed by atoms with Crippen LogP contribution in [0.15, 0.2) is 12.1 Å². The molecule has 1 saturated heterocycles. The summed E-state index contributed by atoms with van der Waals surface area (Å²) >= 11 is 0. The predicted molar refractivity (Wildman–Crippen MR) is 72.0 cm³/mol. The van der Waals surface area contributed by atoms with Crippen LogP contribution in [-0.2, 0) is 4.79 Å². The van der Waals surface area contributed by atoms with Crippen LogP contribution in [0.1, 0.15) is 29.6 Å². The number of nitrogens with zero attached hydrogens (tertiary/aromatic N) is 1. The molecular formula is C13H16FN3O3. The van der Waals surface area contributed by atoms with Gasteiger partial charge in [-0.15, -0.1) is 0 Å². The minimum Gasteiger partial charge on any atom is -0.478 e. The van der Waals surface area contributed by atoms with Gasteiger partial charge in [-0.05, 0) is 31.4 Å². The molecule has 20 heavy (non-hydrogen) atoms. The molecule has 0 aliphatic carbocycles. The molecule has 1 atom stereocenters. The number of halogens is 1. The molecule has 0 saturated carbocycles. The molecule has 7 heteroatoms. The Morgan fingerprint density at radius 2 is 2.05 bits per heavy atom. The maximum atomic E-state index is 13.4. The number of nitrogens with two attached hydrogens (primary N) is 2. The molecule has 6 nitrogen and oxygen atoms in total. The number of anilines is 2. The van der Waals surface area contributed by atoms with Crippen molar-refractivity contribution in [1.82, 2.24) is 0 Å². The van der Waals surface area contributed by atoms with E-state index in [9.17, 15) is 19.1 Å². The Labute approximate surface area is 115 Å². The van der Waals surface area contributed by atoms with E-state index in [1.54, 1.807) is 4.90 Å². The molecule has 0 aromatic heterocycles. The summed E-state index contributed by atoms with van der Waals surface area (Å²) in [7, 11) is 0. The standard InChI is InChI=1S/C13H16FN3O3/c14-7-4-5-8(10(11(7)15)13(19)20)17-6-2-1-3-9(17)12(16)18/h4-5,9H,1-3,6,15H2,(H2,16,18)(H,19,20). The Morgan fingerprint density at radius 3 is 2.65 bits per heavy atom. The number of amides is 1. The molecule has 0 bridgehead atoms. The van der Waals surface area contributed by atoms with Crippen molar-refractivity contribution in [2.45, 2.75) is 25.3 Å². The first-order valence-electron chi connectivity index (χ1n) is 6.30. The molecule has 1 aromatic rings. The molecule has 2 rings (SSSR count). The third-order valence-corrected chi connectivity index (χ3v) is 3.52. The largest absolute Gasteiger partial charge is 0.478 e. The van der Waals surface area contributed by atoms with Gasteiger partial charge in [0.2, 0.25) is 5.91 Å². The van der Waals surface area contributed by atoms with Crippen molar-refractivity contribution >= 4 is 23.3 Å². The number of benzene rings is 1. The van der Waals surface area contributed by atoms with Crippen molar-refractivity contribution in [3.05, 3.63) is 23.5 Å². The number of hydrogen-bond acceptors (Lipinski definition) is 4. The van der Waals surface area contributed by atoms with Gasteiger partial charge < -0.3 is 21.5 Å². The van der Waals surface area contributed by atoms with Gasteiger partial charge >= 0.3 is 5.97 Å². The van der Waals surface area contributed by atoms with Gasteiger partial charge in [-0.25, -0.2) is 9.18 Å². The molecule has 1 aliphatic rings. The molecule has 108 valence electrons. The van der Waals surface area contributed by atoms with E-state index >= 15 is 0 Å². The summed E-state index contributed by atoms with van der Waals surface area (Å²) in [6.07, 6.45) is 2.19. The van der Waals surface area contributed by atoms with Crippen LogP contribution in [0.3, 0.4) is 0 Å². The van der Waals surface area contributed by atoms with Gasteiger partial charge in [0, 0.05) is 6.54 Å².